The van der Waals surface area contributed by atoms with Gasteiger partial charge in [-0.2, -0.15) is 0 Å². The van der Waals surface area contributed by atoms with Crippen molar-refractivity contribution in [2.24, 2.45) is 0 Å². The van der Waals surface area contributed by atoms with E-state index in [0.717, 1.165) is 18.7 Å². The molecule has 1 aliphatic heterocycles. The minimum atomic E-state index is -0.207. The molecular formula is C22H27N3O2. The van der Waals surface area contributed by atoms with Crippen molar-refractivity contribution in [3.05, 3.63) is 64.7 Å². The molecule has 0 bridgehead atoms. The van der Waals surface area contributed by atoms with Gasteiger partial charge >= 0.3 is 0 Å². The fourth-order valence-electron chi connectivity index (χ4n) is 3.43. The van der Waals surface area contributed by atoms with Crippen LogP contribution in [0.2, 0.25) is 0 Å². The van der Waals surface area contributed by atoms with Gasteiger partial charge in [-0.1, -0.05) is 29.8 Å². The summed E-state index contributed by atoms with van der Waals surface area (Å²) in [5, 5.41) is 2.74. The highest BCUT2D eigenvalue weighted by Crippen LogP contribution is 2.23. The largest absolute Gasteiger partial charge is 0.368 e. The van der Waals surface area contributed by atoms with Crippen molar-refractivity contribution in [3.8, 4) is 0 Å². The Balaban J connectivity index is 1.51. The van der Waals surface area contributed by atoms with Gasteiger partial charge in [0.05, 0.1) is 6.54 Å². The van der Waals surface area contributed by atoms with Gasteiger partial charge in [0.25, 0.3) is 5.91 Å². The van der Waals surface area contributed by atoms with Crippen LogP contribution in [-0.4, -0.2) is 49.4 Å². The molecule has 2 amide bonds. The van der Waals surface area contributed by atoms with Crippen LogP contribution in [0.25, 0.3) is 0 Å². The second-order valence-corrected chi connectivity index (χ2v) is 7.14. The molecule has 2 aromatic carbocycles. The minimum absolute atomic E-state index is 0.0309. The predicted molar refractivity (Wildman–Crippen MR) is 108 cm³/mol. The van der Waals surface area contributed by atoms with E-state index in [1.54, 1.807) is 6.07 Å². The Morgan fingerprint density at radius 2 is 1.67 bits per heavy atom. The molecule has 5 nitrogen and oxygen atoms in total. The molecule has 1 N–H and O–H groups in total. The third-order valence-electron chi connectivity index (χ3n) is 5.23. The molecule has 1 fully saturated rings. The van der Waals surface area contributed by atoms with E-state index in [1.165, 1.54) is 16.8 Å². The van der Waals surface area contributed by atoms with Gasteiger partial charge in [0, 0.05) is 37.4 Å². The molecule has 1 aliphatic rings. The average Bonchev–Trinajstić information content (AvgIpc) is 2.68. The van der Waals surface area contributed by atoms with E-state index < -0.39 is 0 Å². The zero-order chi connectivity index (χ0) is 19.4. The molecule has 3 rings (SSSR count). The molecule has 0 aromatic heterocycles. The summed E-state index contributed by atoms with van der Waals surface area (Å²) in [6.45, 7) is 9.20. The maximum Gasteiger partial charge on any atom is 0.251 e. The first kappa shape index (κ1) is 19.0. The van der Waals surface area contributed by atoms with Crippen molar-refractivity contribution < 1.29 is 9.59 Å². The van der Waals surface area contributed by atoms with Crippen LogP contribution in [0.1, 0.15) is 27.0 Å². The Morgan fingerprint density at radius 3 is 2.37 bits per heavy atom. The lowest BCUT2D eigenvalue weighted by molar-refractivity contribution is -0.130. The Labute approximate surface area is 161 Å². The average molecular weight is 365 g/mol. The van der Waals surface area contributed by atoms with Crippen LogP contribution in [0.3, 0.4) is 0 Å². The summed E-state index contributed by atoms with van der Waals surface area (Å²) in [4.78, 5) is 28.8. The van der Waals surface area contributed by atoms with Crippen molar-refractivity contribution in [2.75, 3.05) is 37.6 Å². The Morgan fingerprint density at radius 1 is 0.963 bits per heavy atom. The molecule has 0 radical (unpaired) electrons. The van der Waals surface area contributed by atoms with Gasteiger partial charge in [0.1, 0.15) is 0 Å². The van der Waals surface area contributed by atoms with Gasteiger partial charge in [-0.25, -0.2) is 0 Å². The maximum absolute atomic E-state index is 12.5. The van der Waals surface area contributed by atoms with Gasteiger partial charge in [-0.3, -0.25) is 9.59 Å². The van der Waals surface area contributed by atoms with E-state index in [2.05, 4.69) is 42.3 Å². The monoisotopic (exact) mass is 365 g/mol. The number of piperazine rings is 1. The molecule has 27 heavy (non-hydrogen) atoms. The van der Waals surface area contributed by atoms with E-state index in [1.807, 2.05) is 30.0 Å². The highest BCUT2D eigenvalue weighted by atomic mass is 16.2. The SMILES string of the molecule is Cc1cccc(C(=O)NCC(=O)N2CCN(c3cccc(C)c3C)CC2)c1. The molecule has 0 unspecified atom stereocenters. The molecule has 5 heteroatoms. The standard InChI is InChI=1S/C22H27N3O2/c1-16-6-4-8-19(14-16)22(27)23-15-21(26)25-12-10-24(11-13-25)20-9-5-7-17(2)18(20)3/h4-9,14H,10-13,15H2,1-3H3,(H,23,27). The van der Waals surface area contributed by atoms with E-state index in [-0.39, 0.29) is 18.4 Å². The van der Waals surface area contributed by atoms with Gasteiger partial charge in [-0.15, -0.1) is 0 Å². The van der Waals surface area contributed by atoms with E-state index in [9.17, 15) is 9.59 Å². The van der Waals surface area contributed by atoms with Crippen molar-refractivity contribution >= 4 is 17.5 Å². The van der Waals surface area contributed by atoms with Crippen molar-refractivity contribution in [1.82, 2.24) is 10.2 Å². The lowest BCUT2D eigenvalue weighted by Crippen LogP contribution is -2.51. The predicted octanol–water partition coefficient (Wildman–Crippen LogP) is 2.69. The number of hydrogen-bond donors (Lipinski definition) is 1. The van der Waals surface area contributed by atoms with E-state index in [0.29, 0.717) is 18.7 Å². The summed E-state index contributed by atoms with van der Waals surface area (Å²) >= 11 is 0. The van der Waals surface area contributed by atoms with Crippen molar-refractivity contribution in [1.29, 1.82) is 0 Å². The van der Waals surface area contributed by atoms with Gasteiger partial charge in [0.15, 0.2) is 0 Å². The molecule has 0 saturated carbocycles. The minimum Gasteiger partial charge on any atom is -0.368 e. The molecule has 1 heterocycles. The number of benzene rings is 2. The third kappa shape index (κ3) is 4.48. The first-order valence-electron chi connectivity index (χ1n) is 9.39. The Hall–Kier alpha value is -2.82. The number of carbonyl (C=O) groups excluding carboxylic acids is 2. The van der Waals surface area contributed by atoms with Crippen LogP contribution in [-0.2, 0) is 4.79 Å². The number of carbonyl (C=O) groups is 2. The van der Waals surface area contributed by atoms with Gasteiger partial charge in [-0.05, 0) is 50.1 Å². The number of hydrogen-bond acceptors (Lipinski definition) is 3. The number of nitrogens with one attached hydrogen (secondary N) is 1. The van der Waals surface area contributed by atoms with E-state index in [4.69, 9.17) is 0 Å². The Kier molecular flexibility index (Phi) is 5.79. The summed E-state index contributed by atoms with van der Waals surface area (Å²) in [6, 6.07) is 13.7. The van der Waals surface area contributed by atoms with Crippen LogP contribution in [0.5, 0.6) is 0 Å². The fourth-order valence-corrected chi connectivity index (χ4v) is 3.43. The Bertz CT molecular complexity index is 839. The quantitative estimate of drug-likeness (QED) is 0.906. The second kappa shape index (κ2) is 8.25. The smallest absolute Gasteiger partial charge is 0.251 e. The van der Waals surface area contributed by atoms with Crippen LogP contribution < -0.4 is 10.2 Å². The number of nitrogens with zero attached hydrogens (tertiary/aromatic N) is 2. The van der Waals surface area contributed by atoms with Crippen LogP contribution >= 0.6 is 0 Å². The number of amides is 2. The second-order valence-electron chi connectivity index (χ2n) is 7.14. The summed E-state index contributed by atoms with van der Waals surface area (Å²) in [7, 11) is 0. The fraction of sp³-hybridized carbons (Fsp3) is 0.364. The normalized spacial score (nSPS) is 14.2. The summed E-state index contributed by atoms with van der Waals surface area (Å²) < 4.78 is 0. The van der Waals surface area contributed by atoms with E-state index >= 15 is 0 Å². The molecule has 0 atom stereocenters. The number of anilines is 1. The van der Waals surface area contributed by atoms with Gasteiger partial charge in [0.2, 0.25) is 5.91 Å². The first-order chi connectivity index (χ1) is 13.0. The summed E-state index contributed by atoms with van der Waals surface area (Å²) in [5.74, 6) is -0.238. The zero-order valence-corrected chi connectivity index (χ0v) is 16.3. The highest BCUT2D eigenvalue weighted by Gasteiger charge is 2.22. The molecule has 0 aliphatic carbocycles. The maximum atomic E-state index is 12.5. The third-order valence-corrected chi connectivity index (χ3v) is 5.23. The van der Waals surface area contributed by atoms with Crippen molar-refractivity contribution in [3.63, 3.8) is 0 Å². The molecule has 142 valence electrons. The molecule has 2 aromatic rings. The van der Waals surface area contributed by atoms with Gasteiger partial charge < -0.3 is 15.1 Å². The topological polar surface area (TPSA) is 52.7 Å². The summed E-state index contributed by atoms with van der Waals surface area (Å²) in [6.07, 6.45) is 0. The van der Waals surface area contributed by atoms with Crippen LogP contribution in [0, 0.1) is 20.8 Å². The zero-order valence-electron chi connectivity index (χ0n) is 16.3. The number of rotatable bonds is 4. The molecular weight excluding hydrogens is 338 g/mol. The van der Waals surface area contributed by atoms with Crippen molar-refractivity contribution in [2.45, 2.75) is 20.8 Å². The molecule has 1 saturated heterocycles. The summed E-state index contributed by atoms with van der Waals surface area (Å²) in [5.41, 5.74) is 5.43. The highest BCUT2D eigenvalue weighted by molar-refractivity contribution is 5.96. The lowest BCUT2D eigenvalue weighted by Gasteiger charge is -2.37. The first-order valence-corrected chi connectivity index (χ1v) is 9.39. The molecule has 0 spiro atoms. The van der Waals surface area contributed by atoms with Crippen LogP contribution in [0.15, 0.2) is 42.5 Å². The lowest BCUT2D eigenvalue weighted by atomic mass is 10.1. The number of aryl methyl sites for hydroxylation is 2. The van der Waals surface area contributed by atoms with Crippen LogP contribution in [0.4, 0.5) is 5.69 Å².